The summed E-state index contributed by atoms with van der Waals surface area (Å²) in [5, 5.41) is 9.65. The van der Waals surface area contributed by atoms with Gasteiger partial charge in [0.15, 0.2) is 5.78 Å². The first-order chi connectivity index (χ1) is 9.74. The number of carbonyl (C=O) groups is 1. The Bertz CT molecular complexity index is 738. The number of hydrogen-bond acceptors (Lipinski definition) is 3. The number of fused-ring (bicyclic) bond motifs is 1. The number of carbonyl (C=O) groups excluding carboxylic acids is 1. The van der Waals surface area contributed by atoms with E-state index in [1.165, 1.54) is 0 Å². The van der Waals surface area contributed by atoms with Gasteiger partial charge in [0, 0.05) is 12.0 Å². The lowest BCUT2D eigenvalue weighted by atomic mass is 9.94. The van der Waals surface area contributed by atoms with Crippen LogP contribution in [0.3, 0.4) is 0 Å². The maximum absolute atomic E-state index is 11.7. The lowest BCUT2D eigenvalue weighted by molar-refractivity contribution is 0.0971. The first-order valence-electron chi connectivity index (χ1n) is 6.57. The molecule has 0 saturated carbocycles. The van der Waals surface area contributed by atoms with E-state index < -0.39 is 0 Å². The highest BCUT2D eigenvalue weighted by Gasteiger charge is 2.17. The summed E-state index contributed by atoms with van der Waals surface area (Å²) in [6.45, 7) is 0. The first kappa shape index (κ1) is 12.4. The molecule has 0 saturated heterocycles. The Morgan fingerprint density at radius 2 is 1.90 bits per heavy atom. The molecule has 0 radical (unpaired) electrons. The minimum absolute atomic E-state index is 0.160. The molecule has 3 rings (SSSR count). The third-order valence-corrected chi connectivity index (χ3v) is 3.32. The summed E-state index contributed by atoms with van der Waals surface area (Å²) in [4.78, 5) is 16.1. The Labute approximate surface area is 117 Å². The van der Waals surface area contributed by atoms with Gasteiger partial charge in [0.1, 0.15) is 11.4 Å². The van der Waals surface area contributed by atoms with Gasteiger partial charge in [-0.25, -0.2) is 4.98 Å². The van der Waals surface area contributed by atoms with Gasteiger partial charge in [-0.3, -0.25) is 4.79 Å². The number of aromatic nitrogens is 1. The van der Waals surface area contributed by atoms with E-state index in [1.807, 2.05) is 6.07 Å². The monoisotopic (exact) mass is 263 g/mol. The van der Waals surface area contributed by atoms with Crippen LogP contribution in [0.5, 0.6) is 5.75 Å². The van der Waals surface area contributed by atoms with Gasteiger partial charge in [0.2, 0.25) is 0 Å². The van der Waals surface area contributed by atoms with Crippen molar-refractivity contribution in [2.45, 2.75) is 19.3 Å². The number of ketones is 1. The Morgan fingerprint density at radius 3 is 2.75 bits per heavy atom. The molecule has 1 heterocycles. The Hall–Kier alpha value is -2.60. The van der Waals surface area contributed by atoms with Crippen LogP contribution in [-0.2, 0) is 6.42 Å². The number of phenols is 1. The topological polar surface area (TPSA) is 50.2 Å². The molecule has 0 fully saturated rings. The third kappa shape index (κ3) is 2.41. The number of rotatable bonds is 0. The molecule has 3 nitrogen and oxygen atoms in total. The molecule has 0 aliphatic heterocycles. The fourth-order valence-electron chi connectivity index (χ4n) is 2.28. The summed E-state index contributed by atoms with van der Waals surface area (Å²) in [5.74, 6) is 6.16. The average Bonchev–Trinajstić information content (AvgIpc) is 2.46. The standard InChI is InChI=1S/C17H13NO2/c19-16-6-2-1-4-12(16)8-9-13-10-11-14-15(18-13)5-3-7-17(14)20/h1-2,4,6,10-11,19H,3,5,7H2. The molecule has 3 heteroatoms. The molecule has 0 amide bonds. The van der Waals surface area contributed by atoms with Gasteiger partial charge < -0.3 is 5.11 Å². The van der Waals surface area contributed by atoms with Crippen molar-refractivity contribution in [2.24, 2.45) is 0 Å². The minimum atomic E-state index is 0.160. The summed E-state index contributed by atoms with van der Waals surface area (Å²) < 4.78 is 0. The van der Waals surface area contributed by atoms with Gasteiger partial charge in [0.05, 0.1) is 11.3 Å². The lowest BCUT2D eigenvalue weighted by Crippen LogP contribution is -2.12. The number of phenolic OH excluding ortho intramolecular Hbond substituents is 1. The van der Waals surface area contributed by atoms with Crippen LogP contribution in [0.1, 0.15) is 40.2 Å². The van der Waals surface area contributed by atoms with E-state index >= 15 is 0 Å². The van der Waals surface area contributed by atoms with Crippen molar-refractivity contribution in [3.05, 3.63) is 58.9 Å². The van der Waals surface area contributed by atoms with E-state index in [1.54, 1.807) is 30.3 Å². The Morgan fingerprint density at radius 1 is 1.05 bits per heavy atom. The number of pyridine rings is 1. The number of aryl methyl sites for hydroxylation is 1. The van der Waals surface area contributed by atoms with Crippen LogP contribution in [0.2, 0.25) is 0 Å². The molecule has 1 aliphatic rings. The molecule has 2 aromatic rings. The normalized spacial score (nSPS) is 13.3. The Balaban J connectivity index is 1.94. The molecular weight excluding hydrogens is 250 g/mol. The largest absolute Gasteiger partial charge is 0.507 e. The summed E-state index contributed by atoms with van der Waals surface area (Å²) in [7, 11) is 0. The summed E-state index contributed by atoms with van der Waals surface area (Å²) >= 11 is 0. The lowest BCUT2D eigenvalue weighted by Gasteiger charge is -2.12. The van der Waals surface area contributed by atoms with Gasteiger partial charge >= 0.3 is 0 Å². The number of hydrogen-bond donors (Lipinski definition) is 1. The zero-order valence-corrected chi connectivity index (χ0v) is 10.9. The number of benzene rings is 1. The fourth-order valence-corrected chi connectivity index (χ4v) is 2.28. The predicted molar refractivity (Wildman–Crippen MR) is 75.6 cm³/mol. The van der Waals surface area contributed by atoms with Crippen LogP contribution in [-0.4, -0.2) is 15.9 Å². The molecule has 1 aliphatic carbocycles. The number of Topliss-reactive ketones (excluding diaryl/α,β-unsaturated/α-hetero) is 1. The maximum Gasteiger partial charge on any atom is 0.164 e. The molecule has 0 bridgehead atoms. The van der Waals surface area contributed by atoms with E-state index in [9.17, 15) is 9.90 Å². The van der Waals surface area contributed by atoms with Crippen LogP contribution >= 0.6 is 0 Å². The predicted octanol–water partition coefficient (Wildman–Crippen LogP) is 2.71. The molecule has 0 atom stereocenters. The zero-order chi connectivity index (χ0) is 13.9. The second kappa shape index (κ2) is 5.18. The summed E-state index contributed by atoms with van der Waals surface area (Å²) in [5.41, 5.74) is 2.76. The second-order valence-corrected chi connectivity index (χ2v) is 4.73. The highest BCUT2D eigenvalue weighted by molar-refractivity contribution is 5.98. The molecule has 98 valence electrons. The van der Waals surface area contributed by atoms with Crippen LogP contribution < -0.4 is 0 Å². The quantitative estimate of drug-likeness (QED) is 0.743. The minimum Gasteiger partial charge on any atom is -0.507 e. The van der Waals surface area contributed by atoms with Crippen molar-refractivity contribution in [1.29, 1.82) is 0 Å². The van der Waals surface area contributed by atoms with Gasteiger partial charge in [-0.15, -0.1) is 0 Å². The van der Waals surface area contributed by atoms with Gasteiger partial charge in [-0.1, -0.05) is 18.1 Å². The van der Waals surface area contributed by atoms with E-state index in [0.717, 1.165) is 24.1 Å². The van der Waals surface area contributed by atoms with Crippen molar-refractivity contribution >= 4 is 5.78 Å². The molecule has 1 aromatic carbocycles. The van der Waals surface area contributed by atoms with Crippen molar-refractivity contribution in [2.75, 3.05) is 0 Å². The zero-order valence-electron chi connectivity index (χ0n) is 10.9. The van der Waals surface area contributed by atoms with Crippen molar-refractivity contribution in [3.63, 3.8) is 0 Å². The molecular formula is C17H13NO2. The number of aromatic hydroxyl groups is 1. The van der Waals surface area contributed by atoms with Crippen LogP contribution in [0.15, 0.2) is 36.4 Å². The SMILES string of the molecule is O=C1CCCc2nc(C#Cc3ccccc3O)ccc21. The van der Waals surface area contributed by atoms with Crippen molar-refractivity contribution < 1.29 is 9.90 Å². The van der Waals surface area contributed by atoms with Gasteiger partial charge in [-0.05, 0) is 43.0 Å². The highest BCUT2D eigenvalue weighted by Crippen LogP contribution is 2.19. The number of para-hydroxylation sites is 1. The van der Waals surface area contributed by atoms with Crippen LogP contribution in [0.25, 0.3) is 0 Å². The third-order valence-electron chi connectivity index (χ3n) is 3.32. The van der Waals surface area contributed by atoms with Crippen LogP contribution in [0, 0.1) is 11.8 Å². The van der Waals surface area contributed by atoms with Gasteiger partial charge in [-0.2, -0.15) is 0 Å². The van der Waals surface area contributed by atoms with E-state index in [4.69, 9.17) is 0 Å². The molecule has 20 heavy (non-hydrogen) atoms. The summed E-state index contributed by atoms with van der Waals surface area (Å²) in [6.07, 6.45) is 2.29. The summed E-state index contributed by atoms with van der Waals surface area (Å²) in [6, 6.07) is 10.5. The van der Waals surface area contributed by atoms with Crippen molar-refractivity contribution in [1.82, 2.24) is 4.98 Å². The second-order valence-electron chi connectivity index (χ2n) is 4.73. The molecule has 0 spiro atoms. The van der Waals surface area contributed by atoms with Crippen molar-refractivity contribution in [3.8, 4) is 17.6 Å². The highest BCUT2D eigenvalue weighted by atomic mass is 16.3. The number of nitrogens with zero attached hydrogens (tertiary/aromatic N) is 1. The van der Waals surface area contributed by atoms with Gasteiger partial charge in [0.25, 0.3) is 0 Å². The Kier molecular flexibility index (Phi) is 3.22. The van der Waals surface area contributed by atoms with E-state index in [0.29, 0.717) is 17.7 Å². The first-order valence-corrected chi connectivity index (χ1v) is 6.57. The molecule has 0 unspecified atom stereocenters. The van der Waals surface area contributed by atoms with E-state index in [2.05, 4.69) is 16.8 Å². The average molecular weight is 263 g/mol. The fraction of sp³-hybridized carbons (Fsp3) is 0.176. The molecule has 1 N–H and O–H groups in total. The van der Waals surface area contributed by atoms with E-state index in [-0.39, 0.29) is 11.5 Å². The molecule has 1 aromatic heterocycles. The maximum atomic E-state index is 11.7. The van der Waals surface area contributed by atoms with Crippen LogP contribution in [0.4, 0.5) is 0 Å². The smallest absolute Gasteiger partial charge is 0.164 e.